The summed E-state index contributed by atoms with van der Waals surface area (Å²) in [5.41, 5.74) is 5.80. The van der Waals surface area contributed by atoms with Crippen molar-refractivity contribution in [2.24, 2.45) is 16.6 Å². The molecule has 0 bridgehead atoms. The Bertz CT molecular complexity index is 169. The molecule has 2 N–H and O–H groups in total. The summed E-state index contributed by atoms with van der Waals surface area (Å²) in [6, 6.07) is 0.542. The molecular weight excluding hydrogens is 156 g/mol. The Labute approximate surface area is 71.6 Å². The Morgan fingerprint density at radius 2 is 2.18 bits per heavy atom. The van der Waals surface area contributed by atoms with Gasteiger partial charge < -0.3 is 5.73 Å². The maximum absolute atomic E-state index is 5.80. The van der Waals surface area contributed by atoms with E-state index in [9.17, 15) is 0 Å². The lowest BCUT2D eigenvalue weighted by Gasteiger charge is -2.02. The van der Waals surface area contributed by atoms with Crippen LogP contribution in [-0.4, -0.2) is 23.4 Å². The van der Waals surface area contributed by atoms with Crippen LogP contribution in [0.15, 0.2) is 4.99 Å². The molecule has 0 aromatic rings. The zero-order chi connectivity index (χ0) is 7.68. The van der Waals surface area contributed by atoms with Gasteiger partial charge in [-0.05, 0) is 25.0 Å². The SMILES string of the molecule is NC(=NC1CCSC1)C1CC1. The van der Waals surface area contributed by atoms with Crippen molar-refractivity contribution in [3.63, 3.8) is 0 Å². The lowest BCUT2D eigenvalue weighted by molar-refractivity contribution is 0.754. The fourth-order valence-electron chi connectivity index (χ4n) is 1.32. The molecule has 2 aliphatic rings. The molecule has 0 spiro atoms. The Hall–Kier alpha value is -0.180. The standard InChI is InChI=1S/C8H14N2S/c9-8(6-1-2-6)10-7-3-4-11-5-7/h6-7H,1-5H2,(H2,9,10). The predicted molar refractivity (Wildman–Crippen MR) is 50.1 cm³/mol. The summed E-state index contributed by atoms with van der Waals surface area (Å²) in [5, 5.41) is 0. The molecule has 0 aromatic carbocycles. The number of hydrogen-bond donors (Lipinski definition) is 1. The molecule has 0 aromatic heterocycles. The fourth-order valence-corrected chi connectivity index (χ4v) is 2.44. The van der Waals surface area contributed by atoms with E-state index in [1.54, 1.807) is 0 Å². The summed E-state index contributed by atoms with van der Waals surface area (Å²) in [4.78, 5) is 4.51. The molecule has 1 saturated heterocycles. The van der Waals surface area contributed by atoms with E-state index in [1.165, 1.54) is 30.8 Å². The number of nitrogens with zero attached hydrogens (tertiary/aromatic N) is 1. The molecule has 1 unspecified atom stereocenters. The summed E-state index contributed by atoms with van der Waals surface area (Å²) in [6.07, 6.45) is 3.78. The Kier molecular flexibility index (Phi) is 2.07. The van der Waals surface area contributed by atoms with E-state index in [0.29, 0.717) is 12.0 Å². The minimum Gasteiger partial charge on any atom is -0.387 e. The summed E-state index contributed by atoms with van der Waals surface area (Å²) in [7, 11) is 0. The fraction of sp³-hybridized carbons (Fsp3) is 0.875. The van der Waals surface area contributed by atoms with Crippen LogP contribution >= 0.6 is 11.8 Å². The molecule has 1 heterocycles. The highest BCUT2D eigenvalue weighted by Gasteiger charge is 2.26. The van der Waals surface area contributed by atoms with E-state index in [0.717, 1.165) is 5.84 Å². The average Bonchev–Trinajstić information content (AvgIpc) is 2.73. The van der Waals surface area contributed by atoms with Gasteiger partial charge in [-0.1, -0.05) is 0 Å². The van der Waals surface area contributed by atoms with Gasteiger partial charge in [0.05, 0.1) is 11.9 Å². The third-order valence-electron chi connectivity index (χ3n) is 2.23. The van der Waals surface area contributed by atoms with Crippen LogP contribution in [0.25, 0.3) is 0 Å². The van der Waals surface area contributed by atoms with Crippen LogP contribution in [0.5, 0.6) is 0 Å². The van der Waals surface area contributed by atoms with Gasteiger partial charge in [0.1, 0.15) is 0 Å². The van der Waals surface area contributed by atoms with Crippen molar-refractivity contribution in [2.45, 2.75) is 25.3 Å². The first kappa shape index (κ1) is 7.47. The molecule has 3 heteroatoms. The molecule has 0 radical (unpaired) electrons. The van der Waals surface area contributed by atoms with E-state index < -0.39 is 0 Å². The third kappa shape index (κ3) is 1.89. The highest BCUT2D eigenvalue weighted by molar-refractivity contribution is 7.99. The smallest absolute Gasteiger partial charge is 0.0972 e. The van der Waals surface area contributed by atoms with Gasteiger partial charge in [0.25, 0.3) is 0 Å². The second-order valence-electron chi connectivity index (χ2n) is 3.35. The van der Waals surface area contributed by atoms with Crippen molar-refractivity contribution in [1.82, 2.24) is 0 Å². The zero-order valence-corrected chi connectivity index (χ0v) is 7.44. The number of aliphatic imine (C=N–C) groups is 1. The van der Waals surface area contributed by atoms with Crippen LogP contribution in [0.4, 0.5) is 0 Å². The van der Waals surface area contributed by atoms with Crippen LogP contribution in [0.2, 0.25) is 0 Å². The van der Waals surface area contributed by atoms with Crippen molar-refractivity contribution in [2.75, 3.05) is 11.5 Å². The second kappa shape index (κ2) is 3.05. The lowest BCUT2D eigenvalue weighted by Crippen LogP contribution is -2.18. The predicted octanol–water partition coefficient (Wildman–Crippen LogP) is 1.26. The van der Waals surface area contributed by atoms with Crippen molar-refractivity contribution in [1.29, 1.82) is 0 Å². The molecule has 11 heavy (non-hydrogen) atoms. The van der Waals surface area contributed by atoms with Gasteiger partial charge in [0.15, 0.2) is 0 Å². The third-order valence-corrected chi connectivity index (χ3v) is 3.38. The first-order valence-corrected chi connectivity index (χ1v) is 5.42. The number of amidine groups is 1. The Balaban J connectivity index is 1.89. The number of nitrogens with two attached hydrogens (primary N) is 1. The largest absolute Gasteiger partial charge is 0.387 e. The molecule has 62 valence electrons. The van der Waals surface area contributed by atoms with E-state index in [-0.39, 0.29) is 0 Å². The van der Waals surface area contributed by atoms with Gasteiger partial charge in [-0.3, -0.25) is 4.99 Å². The molecule has 2 rings (SSSR count). The van der Waals surface area contributed by atoms with Gasteiger partial charge >= 0.3 is 0 Å². The lowest BCUT2D eigenvalue weighted by atomic mass is 10.3. The van der Waals surface area contributed by atoms with Crippen LogP contribution in [0, 0.1) is 5.92 Å². The van der Waals surface area contributed by atoms with Crippen molar-refractivity contribution in [3.8, 4) is 0 Å². The second-order valence-corrected chi connectivity index (χ2v) is 4.50. The average molecular weight is 170 g/mol. The summed E-state index contributed by atoms with van der Waals surface area (Å²) in [5.74, 6) is 4.04. The molecule has 2 nitrogen and oxygen atoms in total. The minimum atomic E-state index is 0.542. The molecule has 2 fully saturated rings. The Morgan fingerprint density at radius 1 is 1.36 bits per heavy atom. The number of thioether (sulfide) groups is 1. The molecule has 0 amide bonds. The quantitative estimate of drug-likeness (QED) is 0.500. The number of rotatable bonds is 2. The van der Waals surface area contributed by atoms with Crippen LogP contribution < -0.4 is 5.73 Å². The van der Waals surface area contributed by atoms with Crippen LogP contribution in [0.1, 0.15) is 19.3 Å². The normalized spacial score (nSPS) is 32.7. The van der Waals surface area contributed by atoms with Crippen LogP contribution in [-0.2, 0) is 0 Å². The molecular formula is C8H14N2S. The first-order chi connectivity index (χ1) is 5.36. The van der Waals surface area contributed by atoms with E-state index in [4.69, 9.17) is 5.73 Å². The van der Waals surface area contributed by atoms with Crippen molar-refractivity contribution in [3.05, 3.63) is 0 Å². The van der Waals surface area contributed by atoms with Gasteiger partial charge in [0, 0.05) is 11.7 Å². The monoisotopic (exact) mass is 170 g/mol. The molecule has 1 aliphatic heterocycles. The van der Waals surface area contributed by atoms with Gasteiger partial charge in [0.2, 0.25) is 0 Å². The van der Waals surface area contributed by atoms with E-state index in [1.807, 2.05) is 11.8 Å². The highest BCUT2D eigenvalue weighted by atomic mass is 32.2. The summed E-state index contributed by atoms with van der Waals surface area (Å²) >= 11 is 1.99. The zero-order valence-electron chi connectivity index (χ0n) is 6.62. The summed E-state index contributed by atoms with van der Waals surface area (Å²) in [6.45, 7) is 0. The number of hydrogen-bond acceptors (Lipinski definition) is 2. The topological polar surface area (TPSA) is 38.4 Å². The highest BCUT2D eigenvalue weighted by Crippen LogP contribution is 2.30. The van der Waals surface area contributed by atoms with Gasteiger partial charge in [-0.25, -0.2) is 0 Å². The molecule has 1 aliphatic carbocycles. The maximum atomic E-state index is 5.80. The van der Waals surface area contributed by atoms with Crippen molar-refractivity contribution < 1.29 is 0 Å². The Morgan fingerprint density at radius 3 is 2.73 bits per heavy atom. The van der Waals surface area contributed by atoms with E-state index in [2.05, 4.69) is 4.99 Å². The maximum Gasteiger partial charge on any atom is 0.0972 e. The first-order valence-electron chi connectivity index (χ1n) is 4.27. The van der Waals surface area contributed by atoms with Crippen LogP contribution in [0.3, 0.4) is 0 Å². The van der Waals surface area contributed by atoms with E-state index >= 15 is 0 Å². The van der Waals surface area contributed by atoms with Crippen molar-refractivity contribution >= 4 is 17.6 Å². The summed E-state index contributed by atoms with van der Waals surface area (Å²) < 4.78 is 0. The minimum absolute atomic E-state index is 0.542. The van der Waals surface area contributed by atoms with Gasteiger partial charge in [-0.15, -0.1) is 0 Å². The van der Waals surface area contributed by atoms with Gasteiger partial charge in [-0.2, -0.15) is 11.8 Å². The molecule has 1 saturated carbocycles. The molecule has 1 atom stereocenters.